The zero-order valence-corrected chi connectivity index (χ0v) is 12.2. The standard InChI is InChI=1S/C16H14FN3O2/c1-3-13-14(20-9-11(17)8-18-16(20)19-13)15(21)10-4-6-12(22-2)7-5-10/h4-9H,3H2,1-2H3. The molecule has 2 aromatic heterocycles. The van der Waals surface area contributed by atoms with Gasteiger partial charge < -0.3 is 4.74 Å². The molecule has 0 aliphatic carbocycles. The van der Waals surface area contributed by atoms with E-state index in [9.17, 15) is 9.18 Å². The second-order valence-electron chi connectivity index (χ2n) is 4.76. The van der Waals surface area contributed by atoms with Crippen LogP contribution in [-0.2, 0) is 6.42 Å². The quantitative estimate of drug-likeness (QED) is 0.695. The molecule has 0 unspecified atom stereocenters. The van der Waals surface area contributed by atoms with E-state index < -0.39 is 5.82 Å². The van der Waals surface area contributed by atoms with Crippen molar-refractivity contribution in [2.24, 2.45) is 0 Å². The first kappa shape index (κ1) is 14.2. The van der Waals surface area contributed by atoms with E-state index in [1.54, 1.807) is 31.4 Å². The lowest BCUT2D eigenvalue weighted by molar-refractivity contribution is 0.103. The van der Waals surface area contributed by atoms with Gasteiger partial charge in [0.2, 0.25) is 11.6 Å². The fourth-order valence-electron chi connectivity index (χ4n) is 2.32. The molecule has 0 amide bonds. The number of methoxy groups -OCH3 is 1. The van der Waals surface area contributed by atoms with E-state index in [2.05, 4.69) is 9.97 Å². The Balaban J connectivity index is 2.14. The first-order valence-electron chi connectivity index (χ1n) is 6.85. The van der Waals surface area contributed by atoms with Crippen LogP contribution >= 0.6 is 0 Å². The molecule has 0 bridgehead atoms. The summed E-state index contributed by atoms with van der Waals surface area (Å²) in [4.78, 5) is 21.0. The number of benzene rings is 1. The highest BCUT2D eigenvalue weighted by molar-refractivity contribution is 6.09. The largest absolute Gasteiger partial charge is 0.497 e. The maximum Gasteiger partial charge on any atom is 0.234 e. The number of hydrogen-bond donors (Lipinski definition) is 0. The van der Waals surface area contributed by atoms with Gasteiger partial charge in [-0.05, 0) is 30.7 Å². The van der Waals surface area contributed by atoms with Crippen molar-refractivity contribution in [1.82, 2.24) is 14.4 Å². The zero-order chi connectivity index (χ0) is 15.7. The molecule has 112 valence electrons. The number of carbonyl (C=O) groups is 1. The van der Waals surface area contributed by atoms with Crippen molar-refractivity contribution in [2.75, 3.05) is 7.11 Å². The van der Waals surface area contributed by atoms with Crippen LogP contribution in [0.1, 0.15) is 28.7 Å². The molecular weight excluding hydrogens is 285 g/mol. The lowest BCUT2D eigenvalue weighted by Crippen LogP contribution is -2.08. The van der Waals surface area contributed by atoms with E-state index in [1.807, 2.05) is 6.92 Å². The topological polar surface area (TPSA) is 56.5 Å². The molecule has 0 atom stereocenters. The molecule has 0 fully saturated rings. The number of aromatic nitrogens is 3. The van der Waals surface area contributed by atoms with Gasteiger partial charge in [0, 0.05) is 5.56 Å². The average molecular weight is 299 g/mol. The van der Waals surface area contributed by atoms with Crippen LogP contribution in [-0.4, -0.2) is 27.3 Å². The number of ether oxygens (including phenoxy) is 1. The number of aryl methyl sites for hydroxylation is 1. The highest BCUT2D eigenvalue weighted by atomic mass is 19.1. The summed E-state index contributed by atoms with van der Waals surface area (Å²) >= 11 is 0. The lowest BCUT2D eigenvalue weighted by Gasteiger charge is -2.05. The van der Waals surface area contributed by atoms with E-state index in [0.717, 1.165) is 6.20 Å². The summed E-state index contributed by atoms with van der Waals surface area (Å²) in [7, 11) is 1.56. The van der Waals surface area contributed by atoms with Gasteiger partial charge in [0.15, 0.2) is 5.82 Å². The van der Waals surface area contributed by atoms with E-state index in [0.29, 0.717) is 34.9 Å². The van der Waals surface area contributed by atoms with Crippen LogP contribution in [0.3, 0.4) is 0 Å². The third-order valence-corrected chi connectivity index (χ3v) is 3.42. The molecule has 0 radical (unpaired) electrons. The third kappa shape index (κ3) is 2.32. The third-order valence-electron chi connectivity index (χ3n) is 3.42. The molecule has 2 heterocycles. The van der Waals surface area contributed by atoms with Crippen LogP contribution in [0.4, 0.5) is 4.39 Å². The summed E-state index contributed by atoms with van der Waals surface area (Å²) in [6.45, 7) is 1.89. The SMILES string of the molecule is CCc1nc2ncc(F)cn2c1C(=O)c1ccc(OC)cc1. The van der Waals surface area contributed by atoms with E-state index in [4.69, 9.17) is 4.74 Å². The minimum Gasteiger partial charge on any atom is -0.497 e. The second-order valence-corrected chi connectivity index (χ2v) is 4.76. The van der Waals surface area contributed by atoms with Gasteiger partial charge in [-0.3, -0.25) is 9.20 Å². The number of imidazole rings is 1. The molecule has 5 nitrogen and oxygen atoms in total. The van der Waals surface area contributed by atoms with Gasteiger partial charge in [0.1, 0.15) is 11.4 Å². The molecule has 3 aromatic rings. The summed E-state index contributed by atoms with van der Waals surface area (Å²) in [6, 6.07) is 6.77. The number of halogens is 1. The van der Waals surface area contributed by atoms with Gasteiger partial charge >= 0.3 is 0 Å². The van der Waals surface area contributed by atoms with Crippen molar-refractivity contribution in [3.63, 3.8) is 0 Å². The lowest BCUT2D eigenvalue weighted by atomic mass is 10.1. The highest BCUT2D eigenvalue weighted by Gasteiger charge is 2.20. The van der Waals surface area contributed by atoms with Gasteiger partial charge in [-0.15, -0.1) is 0 Å². The molecule has 0 saturated heterocycles. The molecule has 0 saturated carbocycles. The number of hydrogen-bond acceptors (Lipinski definition) is 4. The average Bonchev–Trinajstić information content (AvgIpc) is 2.92. The Labute approximate surface area is 126 Å². The van der Waals surface area contributed by atoms with Gasteiger partial charge in [0.05, 0.1) is 25.2 Å². The first-order valence-corrected chi connectivity index (χ1v) is 6.85. The monoisotopic (exact) mass is 299 g/mol. The van der Waals surface area contributed by atoms with E-state index >= 15 is 0 Å². The van der Waals surface area contributed by atoms with Crippen molar-refractivity contribution in [3.05, 3.63) is 59.4 Å². The molecule has 1 aromatic carbocycles. The van der Waals surface area contributed by atoms with Crippen LogP contribution in [0.15, 0.2) is 36.7 Å². The molecule has 22 heavy (non-hydrogen) atoms. The minimum atomic E-state index is -0.517. The summed E-state index contributed by atoms with van der Waals surface area (Å²) in [5.74, 6) is 0.240. The predicted octanol–water partition coefficient (Wildman–Crippen LogP) is 2.67. The van der Waals surface area contributed by atoms with Gasteiger partial charge in [0.25, 0.3) is 0 Å². The van der Waals surface area contributed by atoms with Crippen LogP contribution in [0.25, 0.3) is 5.78 Å². The Hall–Kier alpha value is -2.76. The molecular formula is C16H14FN3O2. The van der Waals surface area contributed by atoms with Crippen LogP contribution < -0.4 is 4.74 Å². The number of rotatable bonds is 4. The Morgan fingerprint density at radius 3 is 2.68 bits per heavy atom. The Bertz CT molecular complexity index is 840. The normalized spacial score (nSPS) is 10.9. The second kappa shape index (κ2) is 5.55. The minimum absolute atomic E-state index is 0.223. The van der Waals surface area contributed by atoms with Gasteiger partial charge in [-0.2, -0.15) is 0 Å². The fraction of sp³-hybridized carbons (Fsp3) is 0.188. The Kier molecular flexibility index (Phi) is 3.58. The van der Waals surface area contributed by atoms with Crippen molar-refractivity contribution in [1.29, 1.82) is 0 Å². The van der Waals surface area contributed by atoms with E-state index in [-0.39, 0.29) is 5.78 Å². The van der Waals surface area contributed by atoms with Gasteiger partial charge in [-0.1, -0.05) is 6.92 Å². The van der Waals surface area contributed by atoms with Crippen molar-refractivity contribution in [2.45, 2.75) is 13.3 Å². The maximum atomic E-state index is 13.5. The summed E-state index contributed by atoms with van der Waals surface area (Å²) in [5.41, 5.74) is 1.43. The highest BCUT2D eigenvalue weighted by Crippen LogP contribution is 2.19. The smallest absolute Gasteiger partial charge is 0.234 e. The van der Waals surface area contributed by atoms with Crippen LogP contribution in [0, 0.1) is 5.82 Å². The summed E-state index contributed by atoms with van der Waals surface area (Å²) in [6.07, 6.45) is 2.87. The maximum absolute atomic E-state index is 13.5. The summed E-state index contributed by atoms with van der Waals surface area (Å²) < 4.78 is 19.9. The molecule has 6 heteroatoms. The Morgan fingerprint density at radius 2 is 2.05 bits per heavy atom. The molecule has 0 spiro atoms. The first-order chi connectivity index (χ1) is 10.6. The van der Waals surface area contributed by atoms with Crippen LogP contribution in [0.2, 0.25) is 0 Å². The van der Waals surface area contributed by atoms with Gasteiger partial charge in [-0.25, -0.2) is 14.4 Å². The van der Waals surface area contributed by atoms with Crippen molar-refractivity contribution >= 4 is 11.6 Å². The van der Waals surface area contributed by atoms with E-state index in [1.165, 1.54) is 10.6 Å². The number of nitrogens with zero attached hydrogens (tertiary/aromatic N) is 3. The van der Waals surface area contributed by atoms with Crippen LogP contribution in [0.5, 0.6) is 5.75 Å². The molecule has 0 aliphatic heterocycles. The number of carbonyl (C=O) groups excluding carboxylic acids is 1. The fourth-order valence-corrected chi connectivity index (χ4v) is 2.32. The molecule has 0 aliphatic rings. The number of ketones is 1. The molecule has 3 rings (SSSR count). The zero-order valence-electron chi connectivity index (χ0n) is 12.2. The number of fused-ring (bicyclic) bond motifs is 1. The van der Waals surface area contributed by atoms with Crippen molar-refractivity contribution < 1.29 is 13.9 Å². The summed E-state index contributed by atoms with van der Waals surface area (Å²) in [5, 5.41) is 0. The predicted molar refractivity (Wildman–Crippen MR) is 78.7 cm³/mol. The van der Waals surface area contributed by atoms with Crippen molar-refractivity contribution in [3.8, 4) is 5.75 Å². The molecule has 0 N–H and O–H groups in total. The Morgan fingerprint density at radius 1 is 1.32 bits per heavy atom.